The lowest BCUT2D eigenvalue weighted by Gasteiger charge is -2.32. The van der Waals surface area contributed by atoms with Gasteiger partial charge in [-0.3, -0.25) is 9.00 Å². The topological polar surface area (TPSA) is 68.4 Å². The second-order valence-electron chi connectivity index (χ2n) is 6.05. The molecule has 5 nitrogen and oxygen atoms in total. The van der Waals surface area contributed by atoms with Gasteiger partial charge in [0.25, 0.3) is 0 Å². The number of hydrogen-bond acceptors (Lipinski definition) is 4. The van der Waals surface area contributed by atoms with Gasteiger partial charge in [-0.25, -0.2) is 0 Å². The standard InChI is InChI=1S/C13H20BNO4S/c1-12(2)13(3,4)19-14(18-12)10-9(8-20(5)17)6-7-15-11(10)16/h6-7H,8H2,1-5H3,(H,15,16). The van der Waals surface area contributed by atoms with Gasteiger partial charge in [0.15, 0.2) is 0 Å². The van der Waals surface area contributed by atoms with E-state index in [-0.39, 0.29) is 5.56 Å². The second kappa shape index (κ2) is 5.13. The maximum Gasteiger partial charge on any atom is 0.500 e. The Bertz CT molecular complexity index is 580. The van der Waals surface area contributed by atoms with E-state index in [1.165, 1.54) is 0 Å². The van der Waals surface area contributed by atoms with Crippen molar-refractivity contribution in [2.24, 2.45) is 0 Å². The molecule has 1 unspecified atom stereocenters. The van der Waals surface area contributed by atoms with Gasteiger partial charge in [-0.1, -0.05) is 0 Å². The number of aromatic nitrogens is 1. The minimum absolute atomic E-state index is 0.258. The minimum Gasteiger partial charge on any atom is -0.399 e. The molecule has 0 spiro atoms. The van der Waals surface area contributed by atoms with Crippen LogP contribution in [0.4, 0.5) is 0 Å². The normalized spacial score (nSPS) is 21.9. The lowest BCUT2D eigenvalue weighted by atomic mass is 9.77. The summed E-state index contributed by atoms with van der Waals surface area (Å²) in [5, 5.41) is 0. The molecule has 110 valence electrons. The van der Waals surface area contributed by atoms with E-state index < -0.39 is 29.1 Å². The van der Waals surface area contributed by atoms with E-state index in [1.807, 2.05) is 27.7 Å². The van der Waals surface area contributed by atoms with Crippen LogP contribution < -0.4 is 11.0 Å². The van der Waals surface area contributed by atoms with Gasteiger partial charge in [0.2, 0.25) is 5.56 Å². The van der Waals surface area contributed by atoms with Crippen LogP contribution in [0, 0.1) is 0 Å². The summed E-state index contributed by atoms with van der Waals surface area (Å²) in [5.41, 5.74) is -0.161. The van der Waals surface area contributed by atoms with E-state index in [9.17, 15) is 9.00 Å². The van der Waals surface area contributed by atoms with Crippen LogP contribution in [-0.4, -0.2) is 33.8 Å². The molecule has 0 bridgehead atoms. The first kappa shape index (κ1) is 15.5. The van der Waals surface area contributed by atoms with Gasteiger partial charge in [-0.2, -0.15) is 0 Å². The molecule has 2 heterocycles. The van der Waals surface area contributed by atoms with Crippen molar-refractivity contribution in [3.63, 3.8) is 0 Å². The number of hydrogen-bond donors (Lipinski definition) is 1. The molecule has 1 saturated heterocycles. The summed E-state index contributed by atoms with van der Waals surface area (Å²) in [6, 6.07) is 1.75. The van der Waals surface area contributed by atoms with Gasteiger partial charge in [0, 0.05) is 29.0 Å². The maximum absolute atomic E-state index is 12.1. The highest BCUT2D eigenvalue weighted by molar-refractivity contribution is 7.83. The Morgan fingerprint density at radius 2 is 1.80 bits per heavy atom. The molecular formula is C13H20BNO4S. The third kappa shape index (κ3) is 2.75. The van der Waals surface area contributed by atoms with Crippen LogP contribution in [0.5, 0.6) is 0 Å². The molecule has 20 heavy (non-hydrogen) atoms. The fourth-order valence-electron chi connectivity index (χ4n) is 2.10. The third-order valence-electron chi connectivity index (χ3n) is 3.94. The van der Waals surface area contributed by atoms with Crippen molar-refractivity contribution in [2.45, 2.75) is 44.6 Å². The number of rotatable bonds is 3. The maximum atomic E-state index is 12.1. The Morgan fingerprint density at radius 1 is 1.25 bits per heavy atom. The predicted molar refractivity (Wildman–Crippen MR) is 80.5 cm³/mol. The van der Waals surface area contributed by atoms with Crippen molar-refractivity contribution in [1.29, 1.82) is 0 Å². The van der Waals surface area contributed by atoms with Gasteiger partial charge < -0.3 is 14.3 Å². The van der Waals surface area contributed by atoms with Gasteiger partial charge in [-0.15, -0.1) is 0 Å². The molecule has 1 N–H and O–H groups in total. The molecule has 1 aromatic rings. The summed E-state index contributed by atoms with van der Waals surface area (Å²) >= 11 is 0. The smallest absolute Gasteiger partial charge is 0.399 e. The molecule has 0 aromatic carbocycles. The van der Waals surface area contributed by atoms with E-state index in [2.05, 4.69) is 4.98 Å². The fraction of sp³-hybridized carbons (Fsp3) is 0.615. The van der Waals surface area contributed by atoms with Crippen molar-refractivity contribution in [3.05, 3.63) is 28.2 Å². The highest BCUT2D eigenvalue weighted by atomic mass is 32.2. The second-order valence-corrected chi connectivity index (χ2v) is 7.49. The van der Waals surface area contributed by atoms with Crippen LogP contribution in [0.25, 0.3) is 0 Å². The molecular weight excluding hydrogens is 277 g/mol. The fourth-order valence-corrected chi connectivity index (χ4v) is 2.79. The van der Waals surface area contributed by atoms with Crippen molar-refractivity contribution >= 4 is 23.4 Å². The first-order chi connectivity index (χ1) is 9.14. The zero-order valence-electron chi connectivity index (χ0n) is 12.5. The van der Waals surface area contributed by atoms with Gasteiger partial charge >= 0.3 is 7.12 Å². The van der Waals surface area contributed by atoms with Crippen LogP contribution >= 0.6 is 0 Å². The third-order valence-corrected chi connectivity index (χ3v) is 4.65. The highest BCUT2D eigenvalue weighted by Crippen LogP contribution is 2.36. The molecule has 2 rings (SSSR count). The van der Waals surface area contributed by atoms with Crippen LogP contribution in [0.15, 0.2) is 17.1 Å². The Labute approximate surface area is 121 Å². The summed E-state index contributed by atoms with van der Waals surface area (Å²) in [6.07, 6.45) is 3.16. The van der Waals surface area contributed by atoms with E-state index in [4.69, 9.17) is 9.31 Å². The molecule has 1 aliphatic heterocycles. The van der Waals surface area contributed by atoms with Crippen LogP contribution in [0.1, 0.15) is 33.3 Å². The van der Waals surface area contributed by atoms with Gasteiger partial charge in [-0.05, 0) is 39.3 Å². The van der Waals surface area contributed by atoms with Gasteiger partial charge in [0.1, 0.15) is 0 Å². The largest absolute Gasteiger partial charge is 0.500 e. The number of aromatic amines is 1. The molecule has 0 amide bonds. The predicted octanol–water partition coefficient (Wildman–Crippen LogP) is 0.553. The van der Waals surface area contributed by atoms with Crippen LogP contribution in [-0.2, 0) is 25.9 Å². The van der Waals surface area contributed by atoms with E-state index in [0.717, 1.165) is 0 Å². The summed E-state index contributed by atoms with van der Waals surface area (Å²) in [7, 11) is -1.77. The average Bonchev–Trinajstić information content (AvgIpc) is 2.46. The summed E-state index contributed by atoms with van der Waals surface area (Å²) in [5.74, 6) is 0.309. The zero-order chi connectivity index (χ0) is 15.1. The molecule has 0 radical (unpaired) electrons. The lowest BCUT2D eigenvalue weighted by molar-refractivity contribution is 0.00578. The van der Waals surface area contributed by atoms with Crippen LogP contribution in [0.3, 0.4) is 0 Å². The van der Waals surface area contributed by atoms with Crippen molar-refractivity contribution < 1.29 is 13.5 Å². The highest BCUT2D eigenvalue weighted by Gasteiger charge is 2.53. The Morgan fingerprint density at radius 3 is 2.30 bits per heavy atom. The van der Waals surface area contributed by atoms with Crippen molar-refractivity contribution in [3.8, 4) is 0 Å². The van der Waals surface area contributed by atoms with Crippen LogP contribution in [0.2, 0.25) is 0 Å². The van der Waals surface area contributed by atoms with E-state index in [1.54, 1.807) is 18.5 Å². The van der Waals surface area contributed by atoms with E-state index >= 15 is 0 Å². The number of pyridine rings is 1. The quantitative estimate of drug-likeness (QED) is 0.827. The van der Waals surface area contributed by atoms with Crippen molar-refractivity contribution in [2.75, 3.05) is 6.26 Å². The minimum atomic E-state index is -1.04. The average molecular weight is 297 g/mol. The molecule has 7 heteroatoms. The Balaban J connectivity index is 2.44. The first-order valence-electron chi connectivity index (χ1n) is 6.50. The molecule has 1 atom stereocenters. The molecule has 1 fully saturated rings. The number of H-pyrrole nitrogens is 1. The summed E-state index contributed by atoms with van der Waals surface area (Å²) in [6.45, 7) is 7.73. The first-order valence-corrected chi connectivity index (χ1v) is 8.23. The Kier molecular flexibility index (Phi) is 3.97. The SMILES string of the molecule is CS(=O)Cc1cc[nH]c(=O)c1B1OC(C)(C)C(C)(C)O1. The zero-order valence-corrected chi connectivity index (χ0v) is 13.3. The Hall–Kier alpha value is -0.915. The monoisotopic (exact) mass is 297 g/mol. The lowest BCUT2D eigenvalue weighted by Crippen LogP contribution is -2.47. The van der Waals surface area contributed by atoms with E-state index in [0.29, 0.717) is 16.8 Å². The summed E-state index contributed by atoms with van der Waals surface area (Å²) < 4.78 is 23.3. The molecule has 1 aliphatic rings. The molecule has 1 aromatic heterocycles. The molecule has 0 aliphatic carbocycles. The number of nitrogens with one attached hydrogen (secondary N) is 1. The van der Waals surface area contributed by atoms with Gasteiger partial charge in [0.05, 0.1) is 16.7 Å². The molecule has 0 saturated carbocycles. The summed E-state index contributed by atoms with van der Waals surface area (Å²) in [4.78, 5) is 14.7. The van der Waals surface area contributed by atoms with Crippen molar-refractivity contribution in [1.82, 2.24) is 4.98 Å².